The summed E-state index contributed by atoms with van der Waals surface area (Å²) in [7, 11) is 0. The van der Waals surface area contributed by atoms with Crippen LogP contribution in [-0.4, -0.2) is 9.55 Å². The van der Waals surface area contributed by atoms with Gasteiger partial charge in [0.2, 0.25) is 0 Å². The van der Waals surface area contributed by atoms with Crippen LogP contribution in [0, 0.1) is 32.1 Å². The molecule has 0 aliphatic rings. The van der Waals surface area contributed by atoms with Gasteiger partial charge in [0.1, 0.15) is 5.82 Å². The number of aromatic nitrogens is 2. The summed E-state index contributed by atoms with van der Waals surface area (Å²) in [6.07, 6.45) is 0.483. The van der Waals surface area contributed by atoms with Gasteiger partial charge in [-0.25, -0.2) is 4.98 Å². The first-order valence-electron chi connectivity index (χ1n) is 7.51. The minimum absolute atomic E-state index is 0.483. The third-order valence-electron chi connectivity index (χ3n) is 4.12. The summed E-state index contributed by atoms with van der Waals surface area (Å²) in [5.74, 6) is 0.940. The minimum atomic E-state index is 0.483. The highest BCUT2D eigenvalue weighted by Crippen LogP contribution is 2.27. The number of aryl methyl sites for hydroxylation is 4. The monoisotopic (exact) mass is 289 g/mol. The molecule has 3 aromatic rings. The molecule has 3 heteroatoms. The second-order valence-electron chi connectivity index (χ2n) is 5.79. The smallest absolute Gasteiger partial charge is 0.141 e. The van der Waals surface area contributed by atoms with Crippen LogP contribution in [-0.2, 0) is 6.54 Å². The van der Waals surface area contributed by atoms with Gasteiger partial charge in [-0.3, -0.25) is 0 Å². The molecule has 1 heterocycles. The molecular formula is C19H19N3. The molecule has 110 valence electrons. The lowest BCUT2D eigenvalue weighted by molar-refractivity contribution is 0.744. The predicted molar refractivity (Wildman–Crippen MR) is 89.6 cm³/mol. The summed E-state index contributed by atoms with van der Waals surface area (Å²) in [5.41, 5.74) is 6.92. The number of rotatable bonds is 3. The van der Waals surface area contributed by atoms with E-state index >= 15 is 0 Å². The molecule has 22 heavy (non-hydrogen) atoms. The molecular weight excluding hydrogens is 270 g/mol. The van der Waals surface area contributed by atoms with Crippen molar-refractivity contribution >= 4 is 11.0 Å². The Hall–Kier alpha value is -2.60. The summed E-state index contributed by atoms with van der Waals surface area (Å²) in [4.78, 5) is 4.82. The Morgan fingerprint density at radius 1 is 1.05 bits per heavy atom. The normalized spacial score (nSPS) is 10.8. The van der Waals surface area contributed by atoms with Crippen molar-refractivity contribution < 1.29 is 0 Å². The van der Waals surface area contributed by atoms with Gasteiger partial charge in [-0.15, -0.1) is 0 Å². The number of fused-ring (bicyclic) bond motifs is 1. The summed E-state index contributed by atoms with van der Waals surface area (Å²) in [6.45, 7) is 6.96. The van der Waals surface area contributed by atoms with Gasteiger partial charge in [-0.05, 0) is 44.0 Å². The molecule has 0 saturated carbocycles. The predicted octanol–water partition coefficient (Wildman–Crippen LogP) is 4.54. The summed E-state index contributed by atoms with van der Waals surface area (Å²) >= 11 is 0. The molecule has 3 nitrogen and oxygen atoms in total. The Kier molecular flexibility index (Phi) is 3.68. The molecule has 0 unspecified atom stereocenters. The van der Waals surface area contributed by atoms with Gasteiger partial charge in [0.25, 0.3) is 0 Å². The van der Waals surface area contributed by atoms with Gasteiger partial charge in [0.15, 0.2) is 0 Å². The van der Waals surface area contributed by atoms with E-state index in [-0.39, 0.29) is 0 Å². The fourth-order valence-corrected chi connectivity index (χ4v) is 2.69. The van der Waals surface area contributed by atoms with Gasteiger partial charge in [-0.1, -0.05) is 29.8 Å². The lowest BCUT2D eigenvalue weighted by Gasteiger charge is -2.08. The van der Waals surface area contributed by atoms with Crippen LogP contribution in [0.2, 0.25) is 0 Å². The first kappa shape index (κ1) is 14.3. The molecule has 3 rings (SSSR count). The number of imidazole rings is 1. The van der Waals surface area contributed by atoms with Crippen LogP contribution in [0.1, 0.15) is 23.1 Å². The maximum Gasteiger partial charge on any atom is 0.141 e. The van der Waals surface area contributed by atoms with Crippen molar-refractivity contribution in [3.63, 3.8) is 0 Å². The molecule has 1 aromatic heterocycles. The van der Waals surface area contributed by atoms with E-state index in [2.05, 4.69) is 67.8 Å². The van der Waals surface area contributed by atoms with Gasteiger partial charge in [0.05, 0.1) is 23.5 Å². The van der Waals surface area contributed by atoms with E-state index in [4.69, 9.17) is 10.2 Å². The number of nitrogens with zero attached hydrogens (tertiary/aromatic N) is 3. The zero-order valence-corrected chi connectivity index (χ0v) is 13.2. The van der Waals surface area contributed by atoms with Crippen LogP contribution in [0.3, 0.4) is 0 Å². The van der Waals surface area contributed by atoms with Crippen molar-refractivity contribution in [1.29, 1.82) is 5.26 Å². The highest BCUT2D eigenvalue weighted by atomic mass is 15.1. The summed E-state index contributed by atoms with van der Waals surface area (Å²) in [6, 6.07) is 14.9. The van der Waals surface area contributed by atoms with Crippen LogP contribution < -0.4 is 0 Å². The third-order valence-corrected chi connectivity index (χ3v) is 4.12. The van der Waals surface area contributed by atoms with Crippen molar-refractivity contribution in [2.45, 2.75) is 33.7 Å². The van der Waals surface area contributed by atoms with Gasteiger partial charge < -0.3 is 4.57 Å². The Morgan fingerprint density at radius 3 is 2.41 bits per heavy atom. The van der Waals surface area contributed by atoms with Crippen LogP contribution in [0.25, 0.3) is 22.4 Å². The number of hydrogen-bond acceptors (Lipinski definition) is 2. The molecule has 0 saturated heterocycles. The molecule has 0 aliphatic heterocycles. The fraction of sp³-hybridized carbons (Fsp3) is 0.263. The number of hydrogen-bond donors (Lipinski definition) is 0. The van der Waals surface area contributed by atoms with Gasteiger partial charge in [-0.2, -0.15) is 5.26 Å². The van der Waals surface area contributed by atoms with Gasteiger partial charge >= 0.3 is 0 Å². The molecule has 2 aromatic carbocycles. The average molecular weight is 289 g/mol. The maximum absolute atomic E-state index is 8.95. The first-order valence-corrected chi connectivity index (χ1v) is 7.51. The molecule has 0 spiro atoms. The van der Waals surface area contributed by atoms with Crippen LogP contribution in [0.4, 0.5) is 0 Å². The van der Waals surface area contributed by atoms with E-state index < -0.39 is 0 Å². The van der Waals surface area contributed by atoms with Crippen molar-refractivity contribution in [3.8, 4) is 17.5 Å². The van der Waals surface area contributed by atoms with E-state index in [1.165, 1.54) is 16.7 Å². The van der Waals surface area contributed by atoms with Crippen LogP contribution in [0.5, 0.6) is 0 Å². The second-order valence-corrected chi connectivity index (χ2v) is 5.79. The summed E-state index contributed by atoms with van der Waals surface area (Å²) < 4.78 is 2.16. The largest absolute Gasteiger partial charge is 0.323 e. The zero-order chi connectivity index (χ0) is 15.7. The van der Waals surface area contributed by atoms with E-state index in [1.807, 2.05) is 0 Å². The Labute approximate surface area is 130 Å². The van der Waals surface area contributed by atoms with Crippen molar-refractivity contribution in [2.24, 2.45) is 0 Å². The lowest BCUT2D eigenvalue weighted by Crippen LogP contribution is -2.00. The topological polar surface area (TPSA) is 41.6 Å². The molecule has 0 aliphatic carbocycles. The molecule has 0 amide bonds. The quantitative estimate of drug-likeness (QED) is 0.710. The Morgan fingerprint density at radius 2 is 1.73 bits per heavy atom. The molecule has 0 bridgehead atoms. The van der Waals surface area contributed by atoms with Crippen molar-refractivity contribution in [1.82, 2.24) is 9.55 Å². The number of benzene rings is 2. The van der Waals surface area contributed by atoms with E-state index in [0.717, 1.165) is 22.4 Å². The van der Waals surface area contributed by atoms with E-state index in [9.17, 15) is 0 Å². The molecule has 0 N–H and O–H groups in total. The first-order chi connectivity index (χ1) is 10.6. The third kappa shape index (κ3) is 2.48. The minimum Gasteiger partial charge on any atom is -0.323 e. The molecule has 0 radical (unpaired) electrons. The average Bonchev–Trinajstić information content (AvgIpc) is 2.84. The summed E-state index contributed by atoms with van der Waals surface area (Å²) in [5, 5.41) is 8.95. The zero-order valence-electron chi connectivity index (χ0n) is 13.2. The fourth-order valence-electron chi connectivity index (χ4n) is 2.69. The number of nitriles is 1. The van der Waals surface area contributed by atoms with Crippen LogP contribution >= 0.6 is 0 Å². The Bertz CT molecular complexity index is 864. The van der Waals surface area contributed by atoms with Crippen molar-refractivity contribution in [3.05, 3.63) is 53.1 Å². The van der Waals surface area contributed by atoms with Crippen molar-refractivity contribution in [2.75, 3.05) is 0 Å². The molecule has 0 atom stereocenters. The lowest BCUT2D eigenvalue weighted by atomic mass is 10.1. The molecule has 0 fully saturated rings. The highest BCUT2D eigenvalue weighted by molar-refractivity contribution is 5.82. The SMILES string of the molecule is Cc1ccc(-c2nc3cc(C)c(C)cc3n2CCC#N)cc1. The Balaban J connectivity index is 2.23. The standard InChI is InChI=1S/C19H19N3/c1-13-5-7-16(8-6-13)19-21-17-11-14(2)15(3)12-18(17)22(19)10-4-9-20/h5-8,11-12H,4,10H2,1-3H3. The van der Waals surface area contributed by atoms with Crippen LogP contribution in [0.15, 0.2) is 36.4 Å². The maximum atomic E-state index is 8.95. The van der Waals surface area contributed by atoms with Gasteiger partial charge in [0, 0.05) is 12.1 Å². The highest BCUT2D eigenvalue weighted by Gasteiger charge is 2.13. The second kappa shape index (κ2) is 5.65. The van der Waals surface area contributed by atoms with E-state index in [1.54, 1.807) is 0 Å². The van der Waals surface area contributed by atoms with E-state index in [0.29, 0.717) is 13.0 Å².